The molecule has 9 nitrogen and oxygen atoms in total. The molecule has 0 radical (unpaired) electrons. The average molecular weight is 444 g/mol. The molecule has 1 aliphatic rings. The van der Waals surface area contributed by atoms with Gasteiger partial charge in [0.1, 0.15) is 11.1 Å². The monoisotopic (exact) mass is 443 g/mol. The Balaban J connectivity index is 1.69. The molecule has 172 valence electrons. The predicted molar refractivity (Wildman–Crippen MR) is 120 cm³/mol. The number of hydrogen-bond donors (Lipinski definition) is 2. The number of amides is 2. The van der Waals surface area contributed by atoms with Gasteiger partial charge in [-0.2, -0.15) is 0 Å². The summed E-state index contributed by atoms with van der Waals surface area (Å²) in [5.74, 6) is -1.94. The molecule has 3 rings (SSSR count). The number of nitrogens with one attached hydrogen (secondary N) is 1. The first-order valence-electron chi connectivity index (χ1n) is 10.5. The number of hydrogen-bond acceptors (Lipinski definition) is 6. The summed E-state index contributed by atoms with van der Waals surface area (Å²) in [7, 11) is 5.19. The van der Waals surface area contributed by atoms with Crippen molar-refractivity contribution in [2.45, 2.75) is 32.2 Å². The van der Waals surface area contributed by atoms with Crippen LogP contribution < -0.4 is 15.8 Å². The number of fused-ring (bicyclic) bond motifs is 1. The van der Waals surface area contributed by atoms with Crippen LogP contribution in [0.1, 0.15) is 25.8 Å². The Morgan fingerprint density at radius 3 is 2.47 bits per heavy atom. The lowest BCUT2D eigenvalue weighted by Crippen LogP contribution is -2.50. The van der Waals surface area contributed by atoms with Gasteiger partial charge < -0.3 is 24.6 Å². The zero-order chi connectivity index (χ0) is 23.8. The van der Waals surface area contributed by atoms with Crippen molar-refractivity contribution in [3.05, 3.63) is 40.2 Å². The highest BCUT2D eigenvalue weighted by Crippen LogP contribution is 2.52. The van der Waals surface area contributed by atoms with E-state index in [1.165, 1.54) is 18.0 Å². The molecular weight excluding hydrogens is 414 g/mol. The molecule has 1 aromatic heterocycles. The largest absolute Gasteiger partial charge is 0.479 e. The summed E-state index contributed by atoms with van der Waals surface area (Å²) in [5.41, 5.74) is -0.0654. The third kappa shape index (κ3) is 4.32. The van der Waals surface area contributed by atoms with Gasteiger partial charge in [-0.05, 0) is 36.0 Å². The third-order valence-corrected chi connectivity index (χ3v) is 6.25. The smallest absolute Gasteiger partial charge is 0.336 e. The van der Waals surface area contributed by atoms with Gasteiger partial charge in [-0.3, -0.25) is 9.59 Å². The van der Waals surface area contributed by atoms with Crippen LogP contribution in [0.25, 0.3) is 11.0 Å². The Morgan fingerprint density at radius 2 is 1.91 bits per heavy atom. The molecule has 0 aliphatic heterocycles. The Bertz CT molecular complexity index is 1120. The highest BCUT2D eigenvalue weighted by atomic mass is 16.4. The van der Waals surface area contributed by atoms with E-state index in [9.17, 15) is 24.3 Å². The molecule has 0 saturated heterocycles. The van der Waals surface area contributed by atoms with Crippen LogP contribution in [0.3, 0.4) is 0 Å². The van der Waals surface area contributed by atoms with Crippen LogP contribution in [0.4, 0.5) is 5.69 Å². The fourth-order valence-corrected chi connectivity index (χ4v) is 4.23. The van der Waals surface area contributed by atoms with Gasteiger partial charge >= 0.3 is 11.6 Å². The van der Waals surface area contributed by atoms with Crippen LogP contribution >= 0.6 is 0 Å². The maximum Gasteiger partial charge on any atom is 0.336 e. The van der Waals surface area contributed by atoms with E-state index >= 15 is 0 Å². The van der Waals surface area contributed by atoms with Crippen LogP contribution in [0, 0.1) is 11.8 Å². The van der Waals surface area contributed by atoms with Crippen molar-refractivity contribution in [2.75, 3.05) is 32.6 Å². The molecule has 0 bridgehead atoms. The zero-order valence-electron chi connectivity index (χ0n) is 19.0. The summed E-state index contributed by atoms with van der Waals surface area (Å²) >= 11 is 0. The maximum absolute atomic E-state index is 12.6. The first kappa shape index (κ1) is 23.3. The molecule has 1 saturated carbocycles. The molecule has 1 fully saturated rings. The zero-order valence-corrected chi connectivity index (χ0v) is 19.0. The van der Waals surface area contributed by atoms with Crippen molar-refractivity contribution in [1.82, 2.24) is 10.2 Å². The molecule has 1 unspecified atom stereocenters. The van der Waals surface area contributed by atoms with Crippen molar-refractivity contribution in [3.63, 3.8) is 0 Å². The number of likely N-dealkylation sites (N-methyl/N-ethyl adjacent to an activating group) is 1. The number of aliphatic carboxylic acids is 1. The summed E-state index contributed by atoms with van der Waals surface area (Å²) in [6, 6.07) is 6.63. The Morgan fingerprint density at radius 1 is 1.22 bits per heavy atom. The number of carboxylic acid groups (broad SMARTS) is 1. The molecule has 1 aliphatic carbocycles. The Hall–Kier alpha value is -3.36. The van der Waals surface area contributed by atoms with Crippen LogP contribution in [-0.4, -0.2) is 61.0 Å². The molecule has 2 N–H and O–H groups in total. The van der Waals surface area contributed by atoms with E-state index < -0.39 is 28.9 Å². The van der Waals surface area contributed by atoms with Crippen molar-refractivity contribution < 1.29 is 23.9 Å². The SMILES string of the molecule is CC(C)[C@@H]1CC1(C(=O)O)N(C)C(=O)CNC(=O)Cc1cc(=O)oc2cc(N(C)C)ccc12. The van der Waals surface area contributed by atoms with E-state index in [2.05, 4.69) is 5.32 Å². The topological polar surface area (TPSA) is 120 Å². The molecule has 32 heavy (non-hydrogen) atoms. The van der Waals surface area contributed by atoms with Gasteiger partial charge in [-0.15, -0.1) is 0 Å². The van der Waals surface area contributed by atoms with Gasteiger partial charge in [0, 0.05) is 44.3 Å². The lowest BCUT2D eigenvalue weighted by Gasteiger charge is -2.27. The first-order chi connectivity index (χ1) is 15.0. The van der Waals surface area contributed by atoms with Gasteiger partial charge in [-0.25, -0.2) is 9.59 Å². The first-order valence-corrected chi connectivity index (χ1v) is 10.5. The van der Waals surface area contributed by atoms with E-state index in [1.54, 1.807) is 12.1 Å². The summed E-state index contributed by atoms with van der Waals surface area (Å²) in [6.45, 7) is 3.54. The van der Waals surface area contributed by atoms with Crippen molar-refractivity contribution in [2.24, 2.45) is 11.8 Å². The second kappa shape index (κ2) is 8.64. The summed E-state index contributed by atoms with van der Waals surface area (Å²) in [4.78, 5) is 52.0. The molecule has 0 spiro atoms. The summed E-state index contributed by atoms with van der Waals surface area (Å²) in [5, 5.41) is 12.9. The van der Waals surface area contributed by atoms with E-state index in [4.69, 9.17) is 4.42 Å². The van der Waals surface area contributed by atoms with Gasteiger partial charge in [0.2, 0.25) is 11.8 Å². The molecular formula is C23H29N3O6. The predicted octanol–water partition coefficient (Wildman–Crippen LogP) is 1.48. The van der Waals surface area contributed by atoms with E-state index in [0.29, 0.717) is 23.0 Å². The summed E-state index contributed by atoms with van der Waals surface area (Å²) in [6.07, 6.45) is 0.288. The highest BCUT2D eigenvalue weighted by molar-refractivity contribution is 5.93. The van der Waals surface area contributed by atoms with Gasteiger partial charge in [0.25, 0.3) is 0 Å². The summed E-state index contributed by atoms with van der Waals surface area (Å²) < 4.78 is 5.27. The second-order valence-electron chi connectivity index (χ2n) is 8.86. The number of carbonyl (C=O) groups excluding carboxylic acids is 2. The molecule has 2 aromatic rings. The molecule has 2 amide bonds. The quantitative estimate of drug-likeness (QED) is 0.593. The number of carboxylic acids is 1. The molecule has 9 heteroatoms. The van der Waals surface area contributed by atoms with Crippen LogP contribution in [0.15, 0.2) is 33.5 Å². The molecule has 1 heterocycles. The number of anilines is 1. The van der Waals surface area contributed by atoms with Gasteiger partial charge in [-0.1, -0.05) is 13.8 Å². The second-order valence-corrected chi connectivity index (χ2v) is 8.86. The normalized spacial score (nSPS) is 19.6. The number of nitrogens with zero attached hydrogens (tertiary/aromatic N) is 2. The fraction of sp³-hybridized carbons (Fsp3) is 0.478. The van der Waals surface area contributed by atoms with Crippen LogP contribution in [-0.2, 0) is 20.8 Å². The van der Waals surface area contributed by atoms with Gasteiger partial charge in [0.15, 0.2) is 0 Å². The number of rotatable bonds is 8. The van der Waals surface area contributed by atoms with E-state index in [1.807, 2.05) is 38.9 Å². The average Bonchev–Trinajstić information content (AvgIpc) is 3.48. The third-order valence-electron chi connectivity index (χ3n) is 6.25. The highest BCUT2D eigenvalue weighted by Gasteiger charge is 2.65. The van der Waals surface area contributed by atoms with Crippen LogP contribution in [0.2, 0.25) is 0 Å². The van der Waals surface area contributed by atoms with E-state index in [-0.39, 0.29) is 24.8 Å². The minimum atomic E-state index is -1.21. The van der Waals surface area contributed by atoms with Crippen molar-refractivity contribution in [1.29, 1.82) is 0 Å². The minimum Gasteiger partial charge on any atom is -0.479 e. The molecule has 1 aromatic carbocycles. The lowest BCUT2D eigenvalue weighted by molar-refractivity contribution is -0.152. The lowest BCUT2D eigenvalue weighted by atomic mass is 10.0. The molecule has 2 atom stereocenters. The van der Waals surface area contributed by atoms with E-state index in [0.717, 1.165) is 5.69 Å². The van der Waals surface area contributed by atoms with Crippen LogP contribution in [0.5, 0.6) is 0 Å². The Labute approximate surface area is 186 Å². The fourth-order valence-electron chi connectivity index (χ4n) is 4.23. The Kier molecular flexibility index (Phi) is 6.29. The van der Waals surface area contributed by atoms with Gasteiger partial charge in [0.05, 0.1) is 13.0 Å². The minimum absolute atomic E-state index is 0.112. The number of carbonyl (C=O) groups is 3. The number of benzene rings is 1. The van der Waals surface area contributed by atoms with Crippen molar-refractivity contribution in [3.8, 4) is 0 Å². The maximum atomic E-state index is 12.6. The van der Waals surface area contributed by atoms with Crippen molar-refractivity contribution >= 4 is 34.4 Å². The standard InChI is InChI=1S/C23H29N3O6/c1-13(2)17-11-23(17,22(30)31)26(5)20(28)12-24-19(27)8-14-9-21(29)32-18-10-15(25(3)4)6-7-16(14)18/h6-7,9-10,13,17H,8,11-12H2,1-5H3,(H,24,27)(H,30,31)/t17-,23?/m0/s1.